The molecule has 0 atom stereocenters. The molecule has 0 unspecified atom stereocenters. The molecule has 7 nitrogen and oxygen atoms in total. The Kier molecular flexibility index (Phi) is 6.84. The van der Waals surface area contributed by atoms with Crippen molar-refractivity contribution in [2.45, 2.75) is 12.8 Å². The summed E-state index contributed by atoms with van der Waals surface area (Å²) in [6, 6.07) is 19.5. The van der Waals surface area contributed by atoms with E-state index in [0.717, 1.165) is 32.7 Å². The molecule has 2 aromatic heterocycles. The van der Waals surface area contributed by atoms with Crippen molar-refractivity contribution < 1.29 is 13.6 Å². The van der Waals surface area contributed by atoms with Gasteiger partial charge in [-0.3, -0.25) is 4.57 Å². The Bertz CT molecular complexity index is 1290. The summed E-state index contributed by atoms with van der Waals surface area (Å²) >= 11 is 0. The van der Waals surface area contributed by atoms with Crippen LogP contribution in [0.5, 0.6) is 0 Å². The second-order valence-corrected chi connectivity index (χ2v) is 8.18. The van der Waals surface area contributed by atoms with Crippen LogP contribution >= 0.6 is 8.25 Å². The fourth-order valence-corrected chi connectivity index (χ4v) is 4.09. The van der Waals surface area contributed by atoms with E-state index in [-0.39, 0.29) is 13.2 Å². The van der Waals surface area contributed by atoms with Crippen molar-refractivity contribution in [1.82, 2.24) is 9.97 Å². The van der Waals surface area contributed by atoms with E-state index in [1.807, 2.05) is 48.5 Å². The molecule has 0 N–H and O–H groups in total. The fraction of sp³-hybridized carbons (Fsp3) is 0.167. The summed E-state index contributed by atoms with van der Waals surface area (Å²) < 4.78 is 22.8. The predicted molar refractivity (Wildman–Crippen MR) is 121 cm³/mol. The quantitative estimate of drug-likeness (QED) is 0.363. The van der Waals surface area contributed by atoms with E-state index in [1.165, 1.54) is 0 Å². The van der Waals surface area contributed by atoms with Crippen molar-refractivity contribution in [2.75, 3.05) is 13.2 Å². The SMILES string of the molecule is N#Cc1nccc2ccc(CCO[PH](=O)OCCc3ccc4ccnc(C#N)c4c3)cc12. The van der Waals surface area contributed by atoms with Crippen LogP contribution in [0.1, 0.15) is 22.5 Å². The maximum atomic E-state index is 12.1. The fourth-order valence-electron chi connectivity index (χ4n) is 3.47. The van der Waals surface area contributed by atoms with Crippen LogP contribution in [0, 0.1) is 22.7 Å². The maximum Gasteiger partial charge on any atom is 0.319 e. The highest BCUT2D eigenvalue weighted by molar-refractivity contribution is 7.33. The van der Waals surface area contributed by atoms with Gasteiger partial charge in [0.15, 0.2) is 0 Å². The number of hydrogen-bond acceptors (Lipinski definition) is 7. The highest BCUT2D eigenvalue weighted by Gasteiger charge is 2.06. The third kappa shape index (κ3) is 4.99. The topological polar surface area (TPSA) is 109 Å². The van der Waals surface area contributed by atoms with E-state index in [1.54, 1.807) is 12.4 Å². The lowest BCUT2D eigenvalue weighted by molar-refractivity contribution is 0.229. The molecule has 0 aliphatic rings. The maximum absolute atomic E-state index is 12.1. The smallest absolute Gasteiger partial charge is 0.310 e. The molecule has 32 heavy (non-hydrogen) atoms. The second-order valence-electron chi connectivity index (χ2n) is 7.10. The number of benzene rings is 2. The lowest BCUT2D eigenvalue weighted by Gasteiger charge is -2.08. The molecule has 0 bridgehead atoms. The molecule has 158 valence electrons. The lowest BCUT2D eigenvalue weighted by atomic mass is 10.0. The molecule has 0 radical (unpaired) electrons. The minimum atomic E-state index is -2.62. The summed E-state index contributed by atoms with van der Waals surface area (Å²) in [5, 5.41) is 21.9. The van der Waals surface area contributed by atoms with Crippen molar-refractivity contribution in [2.24, 2.45) is 0 Å². The first-order chi connectivity index (χ1) is 15.7. The lowest BCUT2D eigenvalue weighted by Crippen LogP contribution is -1.98. The number of hydrogen-bond donors (Lipinski definition) is 0. The molecule has 0 spiro atoms. The molecule has 0 amide bonds. The van der Waals surface area contributed by atoms with E-state index in [9.17, 15) is 15.1 Å². The van der Waals surface area contributed by atoms with E-state index in [0.29, 0.717) is 24.2 Å². The Morgan fingerprint density at radius 3 is 1.66 bits per heavy atom. The molecule has 0 saturated heterocycles. The monoisotopic (exact) mass is 442 g/mol. The van der Waals surface area contributed by atoms with Crippen molar-refractivity contribution in [1.29, 1.82) is 10.5 Å². The van der Waals surface area contributed by atoms with Gasteiger partial charge < -0.3 is 9.05 Å². The van der Waals surface area contributed by atoms with Crippen LogP contribution in [0.25, 0.3) is 21.5 Å². The van der Waals surface area contributed by atoms with Crippen molar-refractivity contribution in [3.05, 3.63) is 83.4 Å². The summed E-state index contributed by atoms with van der Waals surface area (Å²) in [5.74, 6) is 0. The van der Waals surface area contributed by atoms with Crippen LogP contribution in [-0.2, 0) is 26.5 Å². The van der Waals surface area contributed by atoms with Crippen LogP contribution in [0.15, 0.2) is 60.9 Å². The first-order valence-corrected chi connectivity index (χ1v) is 11.3. The molecule has 2 aromatic carbocycles. The van der Waals surface area contributed by atoms with E-state index in [4.69, 9.17) is 9.05 Å². The predicted octanol–water partition coefficient (Wildman–Crippen LogP) is 4.73. The highest BCUT2D eigenvalue weighted by Crippen LogP contribution is 2.26. The number of fused-ring (bicyclic) bond motifs is 2. The van der Waals surface area contributed by atoms with Gasteiger partial charge in [-0.1, -0.05) is 24.3 Å². The Morgan fingerprint density at radius 1 is 0.750 bits per heavy atom. The van der Waals surface area contributed by atoms with Gasteiger partial charge >= 0.3 is 8.25 Å². The molecular weight excluding hydrogens is 423 g/mol. The second kappa shape index (κ2) is 10.1. The molecule has 4 rings (SSSR count). The molecule has 0 saturated carbocycles. The van der Waals surface area contributed by atoms with Crippen molar-refractivity contribution in [3.8, 4) is 12.1 Å². The average Bonchev–Trinajstić information content (AvgIpc) is 2.83. The van der Waals surface area contributed by atoms with Crippen molar-refractivity contribution in [3.63, 3.8) is 0 Å². The Labute approximate surface area is 185 Å². The number of nitrogens with zero attached hydrogens (tertiary/aromatic N) is 4. The van der Waals surface area contributed by atoms with Gasteiger partial charge in [-0.15, -0.1) is 0 Å². The summed E-state index contributed by atoms with van der Waals surface area (Å²) in [6.07, 6.45) is 4.32. The van der Waals surface area contributed by atoms with Crippen molar-refractivity contribution >= 4 is 29.8 Å². The number of rotatable bonds is 8. The van der Waals surface area contributed by atoms with Gasteiger partial charge in [0.1, 0.15) is 23.5 Å². The Hall–Kier alpha value is -3.61. The average molecular weight is 442 g/mol. The molecule has 2 heterocycles. The zero-order valence-corrected chi connectivity index (χ0v) is 18.1. The first-order valence-electron chi connectivity index (χ1n) is 10.0. The van der Waals surface area contributed by atoms with Gasteiger partial charge in [0, 0.05) is 23.2 Å². The van der Waals surface area contributed by atoms with E-state index in [2.05, 4.69) is 22.1 Å². The standard InChI is InChI=1S/C24H19N4O3P/c25-15-23-21-13-17(1-3-19(21)5-9-27-23)7-11-30-32(29)31-12-8-18-2-4-20-6-10-28-24(16-26)22(20)14-18/h1-6,9-10,13-14,32H,7-8,11-12H2. The zero-order chi connectivity index (χ0) is 22.3. The summed E-state index contributed by atoms with van der Waals surface area (Å²) in [5.41, 5.74) is 2.70. The number of pyridine rings is 2. The van der Waals surface area contributed by atoms with Crippen LogP contribution in [-0.4, -0.2) is 23.2 Å². The van der Waals surface area contributed by atoms with Crippen LogP contribution in [0.3, 0.4) is 0 Å². The van der Waals surface area contributed by atoms with Gasteiger partial charge in [-0.25, -0.2) is 9.97 Å². The molecule has 8 heteroatoms. The minimum Gasteiger partial charge on any atom is -0.310 e. The normalized spacial score (nSPS) is 11.0. The van der Waals surface area contributed by atoms with Crippen LogP contribution in [0.4, 0.5) is 0 Å². The minimum absolute atomic E-state index is 0.249. The molecule has 4 aromatic rings. The zero-order valence-electron chi connectivity index (χ0n) is 17.1. The van der Waals surface area contributed by atoms with Gasteiger partial charge in [-0.05, 0) is 59.0 Å². The number of nitriles is 2. The summed E-state index contributed by atoms with van der Waals surface area (Å²) in [4.78, 5) is 8.17. The molecule has 0 fully saturated rings. The summed E-state index contributed by atoms with van der Waals surface area (Å²) in [7, 11) is -2.62. The molecule has 0 aliphatic carbocycles. The van der Waals surface area contributed by atoms with E-state index >= 15 is 0 Å². The third-order valence-electron chi connectivity index (χ3n) is 5.09. The van der Waals surface area contributed by atoms with Crippen LogP contribution < -0.4 is 0 Å². The number of aromatic nitrogens is 2. The van der Waals surface area contributed by atoms with E-state index < -0.39 is 8.25 Å². The van der Waals surface area contributed by atoms with Gasteiger partial charge in [-0.2, -0.15) is 10.5 Å². The first kappa shape index (κ1) is 21.6. The third-order valence-corrected chi connectivity index (χ3v) is 5.97. The highest BCUT2D eigenvalue weighted by atomic mass is 31.1. The largest absolute Gasteiger partial charge is 0.319 e. The van der Waals surface area contributed by atoms with Gasteiger partial charge in [0.2, 0.25) is 0 Å². The van der Waals surface area contributed by atoms with Gasteiger partial charge in [0.05, 0.1) is 13.2 Å². The summed E-state index contributed by atoms with van der Waals surface area (Å²) in [6.45, 7) is 0.497. The molecule has 0 aliphatic heterocycles. The van der Waals surface area contributed by atoms with Gasteiger partial charge in [0.25, 0.3) is 0 Å². The van der Waals surface area contributed by atoms with Crippen LogP contribution in [0.2, 0.25) is 0 Å². The Balaban J connectivity index is 1.27. The molecular formula is C24H19N4O3P. The Morgan fingerprint density at radius 2 is 1.22 bits per heavy atom.